The minimum absolute atomic E-state index is 0.129. The molecule has 0 aliphatic carbocycles. The number of aromatic nitrogens is 1. The molecule has 4 heteroatoms. The molecular formula is C17H30N2OS. The molecule has 120 valence electrons. The molecule has 1 aromatic heterocycles. The highest BCUT2D eigenvalue weighted by Crippen LogP contribution is 2.39. The number of nitrogens with zero attached hydrogens (tertiary/aromatic N) is 1. The Morgan fingerprint density at radius 1 is 1.33 bits per heavy atom. The molecular weight excluding hydrogens is 280 g/mol. The van der Waals surface area contributed by atoms with Crippen LogP contribution in [0.4, 0.5) is 0 Å². The Hall–Kier alpha value is -0.450. The third-order valence-electron chi connectivity index (χ3n) is 3.97. The van der Waals surface area contributed by atoms with Crippen LogP contribution in [0.25, 0.3) is 0 Å². The van der Waals surface area contributed by atoms with Crippen LogP contribution in [0.3, 0.4) is 0 Å². The number of nitrogens with one attached hydrogen (secondary N) is 1. The summed E-state index contributed by atoms with van der Waals surface area (Å²) >= 11 is 1.84. The fourth-order valence-corrected chi connectivity index (χ4v) is 3.90. The molecule has 3 nitrogen and oxygen atoms in total. The number of hydrogen-bond acceptors (Lipinski definition) is 4. The SMILES string of the molecule is CC(C)c1nc(C2(C)CCCCO2)sc1CNC(C)(C)C. The van der Waals surface area contributed by atoms with Crippen LogP contribution in [0, 0.1) is 0 Å². The normalized spacial score (nSPS) is 23.8. The topological polar surface area (TPSA) is 34.1 Å². The summed E-state index contributed by atoms with van der Waals surface area (Å²) < 4.78 is 6.07. The molecule has 0 amide bonds. The van der Waals surface area contributed by atoms with Gasteiger partial charge in [0.25, 0.3) is 0 Å². The average Bonchev–Trinajstić information content (AvgIpc) is 2.81. The summed E-state index contributed by atoms with van der Waals surface area (Å²) in [5.41, 5.74) is 1.19. The maximum atomic E-state index is 6.07. The Labute approximate surface area is 133 Å². The van der Waals surface area contributed by atoms with Gasteiger partial charge in [-0.2, -0.15) is 0 Å². The minimum Gasteiger partial charge on any atom is -0.368 e. The molecule has 1 aliphatic heterocycles. The molecule has 1 aliphatic rings. The van der Waals surface area contributed by atoms with Crippen LogP contribution < -0.4 is 5.32 Å². The van der Waals surface area contributed by atoms with Gasteiger partial charge in [0.1, 0.15) is 10.6 Å². The predicted octanol–water partition coefficient (Wildman–Crippen LogP) is 4.57. The van der Waals surface area contributed by atoms with Gasteiger partial charge in [0, 0.05) is 23.6 Å². The average molecular weight is 311 g/mol. The van der Waals surface area contributed by atoms with Crippen LogP contribution >= 0.6 is 11.3 Å². The van der Waals surface area contributed by atoms with Crippen molar-refractivity contribution in [2.24, 2.45) is 0 Å². The van der Waals surface area contributed by atoms with Crippen molar-refractivity contribution in [1.29, 1.82) is 0 Å². The molecule has 1 fully saturated rings. The van der Waals surface area contributed by atoms with Gasteiger partial charge in [0.15, 0.2) is 0 Å². The quantitative estimate of drug-likeness (QED) is 0.884. The lowest BCUT2D eigenvalue weighted by molar-refractivity contribution is -0.0702. The summed E-state index contributed by atoms with van der Waals surface area (Å²) in [5.74, 6) is 0.457. The predicted molar refractivity (Wildman–Crippen MR) is 90.0 cm³/mol. The number of hydrogen-bond donors (Lipinski definition) is 1. The van der Waals surface area contributed by atoms with Gasteiger partial charge in [0.2, 0.25) is 0 Å². The van der Waals surface area contributed by atoms with E-state index in [0.717, 1.165) is 24.6 Å². The lowest BCUT2D eigenvalue weighted by atomic mass is 9.96. The van der Waals surface area contributed by atoms with Crippen molar-refractivity contribution in [2.45, 2.75) is 84.4 Å². The number of thiazole rings is 1. The van der Waals surface area contributed by atoms with Crippen LogP contribution in [0.1, 0.15) is 82.3 Å². The lowest BCUT2D eigenvalue weighted by Gasteiger charge is -2.31. The molecule has 1 aromatic rings. The van der Waals surface area contributed by atoms with Gasteiger partial charge in [-0.25, -0.2) is 4.98 Å². The molecule has 0 radical (unpaired) electrons. The summed E-state index contributed by atoms with van der Waals surface area (Å²) in [5, 5.41) is 4.76. The molecule has 0 spiro atoms. The Balaban J connectivity index is 2.24. The third-order valence-corrected chi connectivity index (χ3v) is 5.29. The molecule has 2 rings (SSSR count). The smallest absolute Gasteiger partial charge is 0.125 e. The number of ether oxygens (including phenoxy) is 1. The fraction of sp³-hybridized carbons (Fsp3) is 0.824. The summed E-state index contributed by atoms with van der Waals surface area (Å²) in [4.78, 5) is 6.33. The first-order valence-corrected chi connectivity index (χ1v) is 8.92. The van der Waals surface area contributed by atoms with Gasteiger partial charge < -0.3 is 10.1 Å². The summed E-state index contributed by atoms with van der Waals surface area (Å²) in [6.07, 6.45) is 3.50. The summed E-state index contributed by atoms with van der Waals surface area (Å²) in [7, 11) is 0. The summed E-state index contributed by atoms with van der Waals surface area (Å²) in [6, 6.07) is 0. The maximum Gasteiger partial charge on any atom is 0.125 e. The van der Waals surface area contributed by atoms with Gasteiger partial charge in [-0.3, -0.25) is 0 Å². The number of rotatable bonds is 4. The van der Waals surface area contributed by atoms with E-state index in [4.69, 9.17) is 9.72 Å². The zero-order valence-electron chi connectivity index (χ0n) is 14.4. The van der Waals surface area contributed by atoms with E-state index < -0.39 is 0 Å². The first-order valence-electron chi connectivity index (χ1n) is 8.10. The molecule has 21 heavy (non-hydrogen) atoms. The highest BCUT2D eigenvalue weighted by molar-refractivity contribution is 7.11. The molecule has 0 aromatic carbocycles. The highest BCUT2D eigenvalue weighted by atomic mass is 32.1. The maximum absolute atomic E-state index is 6.07. The van der Waals surface area contributed by atoms with Gasteiger partial charge in [-0.1, -0.05) is 13.8 Å². The summed E-state index contributed by atoms with van der Waals surface area (Å²) in [6.45, 7) is 15.0. The van der Waals surface area contributed by atoms with E-state index in [-0.39, 0.29) is 11.1 Å². The van der Waals surface area contributed by atoms with E-state index in [9.17, 15) is 0 Å². The second kappa shape index (κ2) is 6.35. The Morgan fingerprint density at radius 2 is 2.05 bits per heavy atom. The van der Waals surface area contributed by atoms with Crippen molar-refractivity contribution < 1.29 is 4.74 Å². The van der Waals surface area contributed by atoms with E-state index in [0.29, 0.717) is 5.92 Å². The monoisotopic (exact) mass is 310 g/mol. The van der Waals surface area contributed by atoms with Crippen molar-refractivity contribution in [1.82, 2.24) is 10.3 Å². The first-order chi connectivity index (χ1) is 9.71. The standard InChI is InChI=1S/C17H30N2OS/c1-12(2)14-13(11-18-16(3,4)5)21-15(19-14)17(6)9-7-8-10-20-17/h12,18H,7-11H2,1-6H3. The van der Waals surface area contributed by atoms with E-state index in [1.54, 1.807) is 0 Å². The minimum atomic E-state index is -0.174. The van der Waals surface area contributed by atoms with Crippen molar-refractivity contribution in [3.63, 3.8) is 0 Å². The van der Waals surface area contributed by atoms with Crippen LogP contribution in [-0.4, -0.2) is 17.1 Å². The van der Waals surface area contributed by atoms with Crippen LogP contribution in [-0.2, 0) is 16.9 Å². The highest BCUT2D eigenvalue weighted by Gasteiger charge is 2.34. The molecule has 1 atom stereocenters. The second-order valence-electron chi connectivity index (χ2n) is 7.62. The van der Waals surface area contributed by atoms with Crippen LogP contribution in [0.15, 0.2) is 0 Å². The zero-order chi connectivity index (χ0) is 15.7. The largest absolute Gasteiger partial charge is 0.368 e. The van der Waals surface area contributed by atoms with E-state index in [2.05, 4.69) is 46.9 Å². The van der Waals surface area contributed by atoms with E-state index in [1.807, 2.05) is 11.3 Å². The van der Waals surface area contributed by atoms with Crippen molar-refractivity contribution in [3.05, 3.63) is 15.6 Å². The van der Waals surface area contributed by atoms with Crippen molar-refractivity contribution in [3.8, 4) is 0 Å². The first kappa shape index (κ1) is 16.9. The van der Waals surface area contributed by atoms with E-state index >= 15 is 0 Å². The Morgan fingerprint density at radius 3 is 2.57 bits per heavy atom. The van der Waals surface area contributed by atoms with Gasteiger partial charge in [0.05, 0.1) is 5.69 Å². The molecule has 1 unspecified atom stereocenters. The van der Waals surface area contributed by atoms with Crippen molar-refractivity contribution in [2.75, 3.05) is 6.61 Å². The van der Waals surface area contributed by atoms with Crippen LogP contribution in [0.2, 0.25) is 0 Å². The zero-order valence-corrected chi connectivity index (χ0v) is 15.2. The molecule has 1 saturated heterocycles. The third kappa shape index (κ3) is 4.27. The molecule has 0 saturated carbocycles. The second-order valence-corrected chi connectivity index (χ2v) is 8.71. The fourth-order valence-electron chi connectivity index (χ4n) is 2.62. The van der Waals surface area contributed by atoms with Gasteiger partial charge >= 0.3 is 0 Å². The lowest BCUT2D eigenvalue weighted by Crippen LogP contribution is -2.35. The van der Waals surface area contributed by atoms with Gasteiger partial charge in [-0.15, -0.1) is 11.3 Å². The Kier molecular flexibility index (Phi) is 5.11. The molecule has 0 bridgehead atoms. The van der Waals surface area contributed by atoms with Crippen molar-refractivity contribution >= 4 is 11.3 Å². The van der Waals surface area contributed by atoms with Crippen LogP contribution in [0.5, 0.6) is 0 Å². The molecule has 2 heterocycles. The van der Waals surface area contributed by atoms with E-state index in [1.165, 1.54) is 23.4 Å². The molecule has 1 N–H and O–H groups in total. The Bertz CT molecular complexity index is 468. The van der Waals surface area contributed by atoms with Gasteiger partial charge in [-0.05, 0) is 52.9 Å².